The molecule has 1 saturated carbocycles. The van der Waals surface area contributed by atoms with Gasteiger partial charge in [-0.05, 0) is 31.6 Å². The first-order valence-electron chi connectivity index (χ1n) is 3.45. The Morgan fingerprint density at radius 3 is 2.38 bits per heavy atom. The van der Waals surface area contributed by atoms with E-state index in [1.54, 1.807) is 0 Å². The minimum Gasteiger partial charge on any atom is -0.328 e. The second-order valence-electron chi connectivity index (χ2n) is 3.19. The minimum atomic E-state index is 0.421. The summed E-state index contributed by atoms with van der Waals surface area (Å²) in [4.78, 5) is 0. The van der Waals surface area contributed by atoms with Crippen LogP contribution in [0.15, 0.2) is 0 Å². The van der Waals surface area contributed by atoms with E-state index in [2.05, 4.69) is 13.8 Å². The lowest BCUT2D eigenvalue weighted by Crippen LogP contribution is -2.15. The fraction of sp³-hybridized carbons (Fsp3) is 1.00. The summed E-state index contributed by atoms with van der Waals surface area (Å²) in [5, 5.41) is 0. The van der Waals surface area contributed by atoms with Crippen LogP contribution in [0.2, 0.25) is 0 Å². The Kier molecular flexibility index (Phi) is 1.57. The van der Waals surface area contributed by atoms with Crippen LogP contribution in [0, 0.1) is 11.8 Å². The Hall–Kier alpha value is -0.0400. The fourth-order valence-corrected chi connectivity index (χ4v) is 1.21. The summed E-state index contributed by atoms with van der Waals surface area (Å²) in [5.41, 5.74) is 5.60. The normalized spacial score (nSPS) is 39.4. The molecule has 1 nitrogen and oxygen atoms in total. The van der Waals surface area contributed by atoms with E-state index in [0.29, 0.717) is 6.04 Å². The van der Waals surface area contributed by atoms with Crippen LogP contribution >= 0.6 is 0 Å². The molecule has 1 rings (SSSR count). The third kappa shape index (κ3) is 1.48. The van der Waals surface area contributed by atoms with Gasteiger partial charge < -0.3 is 5.73 Å². The van der Waals surface area contributed by atoms with Gasteiger partial charge in [0.2, 0.25) is 0 Å². The minimum absolute atomic E-state index is 0.421. The maximum absolute atomic E-state index is 5.60. The average Bonchev–Trinajstić information content (AvgIpc) is 2.17. The van der Waals surface area contributed by atoms with Crippen LogP contribution < -0.4 is 5.73 Å². The first kappa shape index (κ1) is 6.09. The highest BCUT2D eigenvalue weighted by Gasteiger charge is 2.32. The van der Waals surface area contributed by atoms with Crippen molar-refractivity contribution in [3.63, 3.8) is 0 Å². The quantitative estimate of drug-likeness (QED) is 0.575. The lowest BCUT2D eigenvalue weighted by Gasteiger charge is -2.00. The van der Waals surface area contributed by atoms with Crippen LogP contribution in [0.3, 0.4) is 0 Å². The molecule has 0 aromatic rings. The van der Waals surface area contributed by atoms with Gasteiger partial charge in [-0.1, -0.05) is 6.92 Å². The molecule has 0 heterocycles. The highest BCUT2D eigenvalue weighted by Crippen LogP contribution is 2.40. The Labute approximate surface area is 51.3 Å². The van der Waals surface area contributed by atoms with Crippen LogP contribution in [-0.2, 0) is 0 Å². The fourth-order valence-electron chi connectivity index (χ4n) is 1.21. The predicted molar refractivity (Wildman–Crippen MR) is 35.5 cm³/mol. The van der Waals surface area contributed by atoms with Gasteiger partial charge in [0.05, 0.1) is 0 Å². The van der Waals surface area contributed by atoms with E-state index in [-0.39, 0.29) is 0 Å². The maximum atomic E-state index is 5.60. The van der Waals surface area contributed by atoms with Gasteiger partial charge in [-0.2, -0.15) is 0 Å². The molecule has 0 aromatic carbocycles. The van der Waals surface area contributed by atoms with Gasteiger partial charge in [-0.3, -0.25) is 0 Å². The monoisotopic (exact) mass is 113 g/mol. The molecular formula is C7H15N. The van der Waals surface area contributed by atoms with Crippen molar-refractivity contribution in [2.75, 3.05) is 0 Å². The third-order valence-electron chi connectivity index (χ3n) is 1.95. The summed E-state index contributed by atoms with van der Waals surface area (Å²) in [5.74, 6) is 1.94. The largest absolute Gasteiger partial charge is 0.328 e. The molecule has 0 radical (unpaired) electrons. The third-order valence-corrected chi connectivity index (χ3v) is 1.95. The molecule has 48 valence electrons. The Balaban J connectivity index is 2.05. The lowest BCUT2D eigenvalue weighted by atomic mass is 10.1. The summed E-state index contributed by atoms with van der Waals surface area (Å²) in [6, 6.07) is 0.421. The summed E-state index contributed by atoms with van der Waals surface area (Å²) in [6.07, 6.45) is 2.66. The number of hydrogen-bond acceptors (Lipinski definition) is 1. The summed E-state index contributed by atoms with van der Waals surface area (Å²) in [6.45, 7) is 4.39. The van der Waals surface area contributed by atoms with Gasteiger partial charge in [0, 0.05) is 6.04 Å². The van der Waals surface area contributed by atoms with Crippen molar-refractivity contribution in [2.24, 2.45) is 17.6 Å². The molecule has 0 amide bonds. The molecule has 2 unspecified atom stereocenters. The van der Waals surface area contributed by atoms with E-state index >= 15 is 0 Å². The second-order valence-corrected chi connectivity index (χ2v) is 3.19. The van der Waals surface area contributed by atoms with Crippen LogP contribution in [0.5, 0.6) is 0 Å². The zero-order valence-electron chi connectivity index (χ0n) is 5.72. The van der Waals surface area contributed by atoms with Gasteiger partial charge >= 0.3 is 0 Å². The zero-order valence-corrected chi connectivity index (χ0v) is 5.72. The van der Waals surface area contributed by atoms with Crippen molar-refractivity contribution < 1.29 is 0 Å². The van der Waals surface area contributed by atoms with Crippen molar-refractivity contribution >= 4 is 0 Å². The van der Waals surface area contributed by atoms with Crippen molar-refractivity contribution in [3.8, 4) is 0 Å². The number of hydrogen-bond donors (Lipinski definition) is 1. The maximum Gasteiger partial charge on any atom is 0.00132 e. The van der Waals surface area contributed by atoms with Gasteiger partial charge in [-0.25, -0.2) is 0 Å². The standard InChI is InChI=1S/C7H15N/c1-5-3-7(5)4-6(2)8/h5-7H,3-4,8H2,1-2H3/t5?,6-,7?/m0/s1. The van der Waals surface area contributed by atoms with Crippen molar-refractivity contribution in [1.29, 1.82) is 0 Å². The molecule has 1 heteroatoms. The number of rotatable bonds is 2. The second kappa shape index (κ2) is 2.06. The van der Waals surface area contributed by atoms with Gasteiger partial charge in [0.15, 0.2) is 0 Å². The Bertz CT molecular complexity index is 78.5. The SMILES string of the molecule is CC1CC1C[C@H](C)N. The summed E-state index contributed by atoms with van der Waals surface area (Å²) in [7, 11) is 0. The van der Waals surface area contributed by atoms with Crippen molar-refractivity contribution in [3.05, 3.63) is 0 Å². The molecule has 1 aliphatic rings. The molecule has 0 spiro atoms. The highest BCUT2D eigenvalue weighted by atomic mass is 14.6. The molecule has 0 saturated heterocycles. The Morgan fingerprint density at radius 2 is 2.25 bits per heavy atom. The van der Waals surface area contributed by atoms with E-state index in [0.717, 1.165) is 11.8 Å². The lowest BCUT2D eigenvalue weighted by molar-refractivity contribution is 0.582. The molecule has 0 bridgehead atoms. The molecule has 1 fully saturated rings. The van der Waals surface area contributed by atoms with Gasteiger partial charge in [-0.15, -0.1) is 0 Å². The number of nitrogens with two attached hydrogens (primary N) is 1. The van der Waals surface area contributed by atoms with E-state index in [1.165, 1.54) is 12.8 Å². The molecule has 2 N–H and O–H groups in total. The van der Waals surface area contributed by atoms with Crippen LogP contribution in [0.25, 0.3) is 0 Å². The summed E-state index contributed by atoms with van der Waals surface area (Å²) < 4.78 is 0. The smallest absolute Gasteiger partial charge is 0.00132 e. The molecule has 0 aliphatic heterocycles. The van der Waals surface area contributed by atoms with E-state index in [9.17, 15) is 0 Å². The molecule has 8 heavy (non-hydrogen) atoms. The topological polar surface area (TPSA) is 26.0 Å². The van der Waals surface area contributed by atoms with E-state index in [4.69, 9.17) is 5.73 Å². The average molecular weight is 113 g/mol. The molecule has 3 atom stereocenters. The predicted octanol–water partition coefficient (Wildman–Crippen LogP) is 1.38. The van der Waals surface area contributed by atoms with Crippen LogP contribution in [0.1, 0.15) is 26.7 Å². The van der Waals surface area contributed by atoms with E-state index < -0.39 is 0 Å². The van der Waals surface area contributed by atoms with Crippen molar-refractivity contribution in [2.45, 2.75) is 32.7 Å². The van der Waals surface area contributed by atoms with Gasteiger partial charge in [0.1, 0.15) is 0 Å². The first-order valence-corrected chi connectivity index (χ1v) is 3.45. The Morgan fingerprint density at radius 1 is 1.75 bits per heavy atom. The van der Waals surface area contributed by atoms with E-state index in [1.807, 2.05) is 0 Å². The summed E-state index contributed by atoms with van der Waals surface area (Å²) >= 11 is 0. The molecule has 0 aromatic heterocycles. The van der Waals surface area contributed by atoms with Gasteiger partial charge in [0.25, 0.3) is 0 Å². The highest BCUT2D eigenvalue weighted by molar-refractivity contribution is 4.84. The van der Waals surface area contributed by atoms with Crippen LogP contribution in [-0.4, -0.2) is 6.04 Å². The molecule has 1 aliphatic carbocycles. The zero-order chi connectivity index (χ0) is 6.15. The van der Waals surface area contributed by atoms with Crippen molar-refractivity contribution in [1.82, 2.24) is 0 Å². The van der Waals surface area contributed by atoms with Crippen LogP contribution in [0.4, 0.5) is 0 Å². The molecular weight excluding hydrogens is 98.1 g/mol. The first-order chi connectivity index (χ1) is 3.70.